The predicted octanol–water partition coefficient (Wildman–Crippen LogP) is 2.92. The normalized spacial score (nSPS) is 18.4. The Morgan fingerprint density at radius 1 is 1.32 bits per heavy atom. The summed E-state index contributed by atoms with van der Waals surface area (Å²) in [6.45, 7) is 1.58. The first-order chi connectivity index (χ1) is 10.6. The molecule has 1 aliphatic carbocycles. The third-order valence-electron chi connectivity index (χ3n) is 3.60. The van der Waals surface area contributed by atoms with E-state index in [1.54, 1.807) is 38.3 Å². The number of esters is 1. The van der Waals surface area contributed by atoms with Crippen molar-refractivity contribution in [3.05, 3.63) is 36.4 Å². The Morgan fingerprint density at radius 2 is 2.14 bits per heavy atom. The van der Waals surface area contributed by atoms with Crippen molar-refractivity contribution in [3.8, 4) is 5.75 Å². The molecule has 5 heteroatoms. The minimum Gasteiger partial charge on any atom is -0.497 e. The van der Waals surface area contributed by atoms with Crippen molar-refractivity contribution in [2.45, 2.75) is 32.3 Å². The number of methoxy groups -OCH3 is 1. The number of anilines is 1. The van der Waals surface area contributed by atoms with Crippen LogP contribution in [0.4, 0.5) is 5.69 Å². The van der Waals surface area contributed by atoms with Crippen LogP contribution in [-0.2, 0) is 14.3 Å². The second kappa shape index (κ2) is 7.64. The number of carbonyl (C=O) groups is 2. The van der Waals surface area contributed by atoms with E-state index in [-0.39, 0.29) is 17.8 Å². The van der Waals surface area contributed by atoms with Crippen LogP contribution in [0.25, 0.3) is 0 Å². The van der Waals surface area contributed by atoms with Crippen LogP contribution in [0.2, 0.25) is 0 Å². The number of ether oxygens (including phenoxy) is 2. The first-order valence-corrected chi connectivity index (χ1v) is 7.40. The average Bonchev–Trinajstić information content (AvgIpc) is 2.55. The van der Waals surface area contributed by atoms with Gasteiger partial charge >= 0.3 is 5.97 Å². The van der Waals surface area contributed by atoms with Crippen LogP contribution < -0.4 is 10.1 Å². The highest BCUT2D eigenvalue weighted by atomic mass is 16.5. The van der Waals surface area contributed by atoms with Gasteiger partial charge in [0.15, 0.2) is 6.10 Å². The standard InChI is InChI=1S/C17H21NO4/c1-12(22-17(20)13-7-4-3-5-8-13)16(19)18-14-9-6-10-15(11-14)21-2/h3-4,6,9-13H,5,7-8H2,1-2H3,(H,18,19)/t12-,13-/m1/s1. The number of amides is 1. The van der Waals surface area contributed by atoms with E-state index in [0.717, 1.165) is 12.8 Å². The van der Waals surface area contributed by atoms with Gasteiger partial charge in [-0.3, -0.25) is 9.59 Å². The van der Waals surface area contributed by atoms with E-state index in [2.05, 4.69) is 11.4 Å². The summed E-state index contributed by atoms with van der Waals surface area (Å²) in [7, 11) is 1.56. The Hall–Kier alpha value is -2.30. The summed E-state index contributed by atoms with van der Waals surface area (Å²) in [6, 6.07) is 7.02. The third kappa shape index (κ3) is 4.35. The zero-order valence-electron chi connectivity index (χ0n) is 12.9. The van der Waals surface area contributed by atoms with Crippen LogP contribution >= 0.6 is 0 Å². The molecule has 1 amide bonds. The molecule has 2 rings (SSSR count). The quantitative estimate of drug-likeness (QED) is 0.671. The van der Waals surface area contributed by atoms with Crippen LogP contribution in [0, 0.1) is 5.92 Å². The molecule has 118 valence electrons. The molecule has 0 aliphatic heterocycles. The summed E-state index contributed by atoms with van der Waals surface area (Å²) in [4.78, 5) is 24.1. The monoisotopic (exact) mass is 303 g/mol. The van der Waals surface area contributed by atoms with Gasteiger partial charge in [-0.1, -0.05) is 18.2 Å². The molecule has 0 saturated heterocycles. The van der Waals surface area contributed by atoms with E-state index in [1.165, 1.54) is 0 Å². The number of rotatable bonds is 5. The van der Waals surface area contributed by atoms with Crippen molar-refractivity contribution in [1.82, 2.24) is 0 Å². The molecule has 1 aliphatic rings. The minimum atomic E-state index is -0.829. The SMILES string of the molecule is COc1cccc(NC(=O)[C@@H](C)OC(=O)[C@@H]2CC=CCC2)c1. The number of benzene rings is 1. The second-order valence-corrected chi connectivity index (χ2v) is 5.28. The third-order valence-corrected chi connectivity index (χ3v) is 3.60. The number of hydrogen-bond acceptors (Lipinski definition) is 4. The molecular formula is C17H21NO4. The van der Waals surface area contributed by atoms with E-state index in [0.29, 0.717) is 17.9 Å². The zero-order valence-corrected chi connectivity index (χ0v) is 12.9. The van der Waals surface area contributed by atoms with Gasteiger partial charge in [0.05, 0.1) is 13.0 Å². The lowest BCUT2D eigenvalue weighted by atomic mass is 9.95. The molecule has 0 saturated carbocycles. The zero-order chi connectivity index (χ0) is 15.9. The Morgan fingerprint density at radius 3 is 2.82 bits per heavy atom. The van der Waals surface area contributed by atoms with E-state index in [1.807, 2.05) is 6.08 Å². The van der Waals surface area contributed by atoms with Gasteiger partial charge in [0.2, 0.25) is 0 Å². The molecule has 0 bridgehead atoms. The summed E-state index contributed by atoms with van der Waals surface area (Å²) >= 11 is 0. The van der Waals surface area contributed by atoms with Gasteiger partial charge in [0, 0.05) is 11.8 Å². The maximum Gasteiger partial charge on any atom is 0.310 e. The number of allylic oxidation sites excluding steroid dienone is 2. The summed E-state index contributed by atoms with van der Waals surface area (Å²) in [5, 5.41) is 2.71. The predicted molar refractivity (Wildman–Crippen MR) is 83.7 cm³/mol. The van der Waals surface area contributed by atoms with Crippen LogP contribution in [0.1, 0.15) is 26.2 Å². The summed E-state index contributed by atoms with van der Waals surface area (Å²) in [5.74, 6) is -0.154. The van der Waals surface area contributed by atoms with Crippen LogP contribution in [-0.4, -0.2) is 25.1 Å². The maximum absolute atomic E-state index is 12.1. The van der Waals surface area contributed by atoms with Crippen molar-refractivity contribution in [1.29, 1.82) is 0 Å². The van der Waals surface area contributed by atoms with E-state index in [9.17, 15) is 9.59 Å². The van der Waals surface area contributed by atoms with Gasteiger partial charge in [-0.15, -0.1) is 0 Å². The Kier molecular flexibility index (Phi) is 5.58. The molecule has 1 N–H and O–H groups in total. The topological polar surface area (TPSA) is 64.6 Å². The lowest BCUT2D eigenvalue weighted by molar-refractivity contribution is -0.157. The summed E-state index contributed by atoms with van der Waals surface area (Å²) in [5.41, 5.74) is 0.604. The van der Waals surface area contributed by atoms with Gasteiger partial charge in [0.1, 0.15) is 5.75 Å². The Labute approximate surface area is 130 Å². The van der Waals surface area contributed by atoms with Crippen molar-refractivity contribution in [3.63, 3.8) is 0 Å². The lowest BCUT2D eigenvalue weighted by Gasteiger charge is -2.19. The average molecular weight is 303 g/mol. The van der Waals surface area contributed by atoms with Crippen molar-refractivity contribution in [2.24, 2.45) is 5.92 Å². The van der Waals surface area contributed by atoms with Crippen molar-refractivity contribution in [2.75, 3.05) is 12.4 Å². The van der Waals surface area contributed by atoms with Gasteiger partial charge in [-0.05, 0) is 38.3 Å². The van der Waals surface area contributed by atoms with Crippen LogP contribution in [0.15, 0.2) is 36.4 Å². The fourth-order valence-corrected chi connectivity index (χ4v) is 2.28. The molecule has 22 heavy (non-hydrogen) atoms. The van der Waals surface area contributed by atoms with Crippen LogP contribution in [0.5, 0.6) is 5.75 Å². The summed E-state index contributed by atoms with van der Waals surface area (Å²) in [6.07, 6.45) is 5.55. The smallest absolute Gasteiger partial charge is 0.310 e. The Bertz CT molecular complexity index is 568. The number of nitrogens with one attached hydrogen (secondary N) is 1. The van der Waals surface area contributed by atoms with Crippen molar-refractivity contribution >= 4 is 17.6 Å². The molecule has 0 unspecified atom stereocenters. The number of carbonyl (C=O) groups excluding carboxylic acids is 2. The largest absolute Gasteiger partial charge is 0.497 e. The highest BCUT2D eigenvalue weighted by Crippen LogP contribution is 2.21. The first kappa shape index (κ1) is 16.1. The van der Waals surface area contributed by atoms with E-state index < -0.39 is 6.10 Å². The minimum absolute atomic E-state index is 0.142. The van der Waals surface area contributed by atoms with Gasteiger partial charge in [-0.25, -0.2) is 0 Å². The fraction of sp³-hybridized carbons (Fsp3) is 0.412. The van der Waals surface area contributed by atoms with Crippen LogP contribution in [0.3, 0.4) is 0 Å². The van der Waals surface area contributed by atoms with E-state index in [4.69, 9.17) is 9.47 Å². The van der Waals surface area contributed by atoms with Gasteiger partial charge in [-0.2, -0.15) is 0 Å². The molecule has 1 aromatic rings. The maximum atomic E-state index is 12.1. The highest BCUT2D eigenvalue weighted by molar-refractivity contribution is 5.95. The second-order valence-electron chi connectivity index (χ2n) is 5.28. The van der Waals surface area contributed by atoms with Crippen molar-refractivity contribution < 1.29 is 19.1 Å². The van der Waals surface area contributed by atoms with Gasteiger partial charge in [0.25, 0.3) is 5.91 Å². The first-order valence-electron chi connectivity index (χ1n) is 7.40. The number of hydrogen-bond donors (Lipinski definition) is 1. The molecule has 0 radical (unpaired) electrons. The molecule has 2 atom stereocenters. The molecule has 0 fully saturated rings. The molecule has 0 aromatic heterocycles. The lowest BCUT2D eigenvalue weighted by Crippen LogP contribution is -2.32. The van der Waals surface area contributed by atoms with Gasteiger partial charge < -0.3 is 14.8 Å². The highest BCUT2D eigenvalue weighted by Gasteiger charge is 2.25. The Balaban J connectivity index is 1.88. The molecule has 0 spiro atoms. The fourth-order valence-electron chi connectivity index (χ4n) is 2.28. The molecule has 1 aromatic carbocycles. The molecule has 0 heterocycles. The van der Waals surface area contributed by atoms with E-state index >= 15 is 0 Å². The molecular weight excluding hydrogens is 282 g/mol. The summed E-state index contributed by atoms with van der Waals surface area (Å²) < 4.78 is 10.4. The molecule has 5 nitrogen and oxygen atoms in total.